The summed E-state index contributed by atoms with van der Waals surface area (Å²) in [5.74, 6) is 7.78. The van der Waals surface area contributed by atoms with Crippen molar-refractivity contribution in [2.45, 2.75) is 18.9 Å². The lowest BCUT2D eigenvalue weighted by molar-refractivity contribution is 0.0417. The van der Waals surface area contributed by atoms with Crippen LogP contribution in [0.25, 0.3) is 0 Å². The fraction of sp³-hybridized carbons (Fsp3) is 0.391. The topological polar surface area (TPSA) is 49.8 Å². The number of hydrogen-bond acceptors (Lipinski definition) is 6. The summed E-state index contributed by atoms with van der Waals surface area (Å²) in [6.45, 7) is 3.96. The van der Waals surface area contributed by atoms with Crippen molar-refractivity contribution in [3.8, 4) is 11.8 Å². The number of halogens is 2. The van der Waals surface area contributed by atoms with Gasteiger partial charge in [-0.3, -0.25) is 9.89 Å². The molecule has 2 aromatic rings. The summed E-state index contributed by atoms with van der Waals surface area (Å²) in [7, 11) is 0. The predicted octanol–water partition coefficient (Wildman–Crippen LogP) is 4.14. The summed E-state index contributed by atoms with van der Waals surface area (Å²) in [5, 5.41) is 6.30. The summed E-state index contributed by atoms with van der Waals surface area (Å²) in [4.78, 5) is 11.8. The number of morpholine rings is 1. The van der Waals surface area contributed by atoms with Crippen molar-refractivity contribution in [1.82, 2.24) is 15.2 Å². The molecule has 0 amide bonds. The van der Waals surface area contributed by atoms with Crippen LogP contribution in [0.3, 0.4) is 0 Å². The highest BCUT2D eigenvalue weighted by atomic mass is 79.9. The van der Waals surface area contributed by atoms with Crippen molar-refractivity contribution in [3.05, 3.63) is 61.9 Å². The molecule has 1 aliphatic carbocycles. The van der Waals surface area contributed by atoms with Crippen molar-refractivity contribution in [1.29, 1.82) is 0 Å². The smallest absolute Gasteiger partial charge is 0.163 e. The minimum absolute atomic E-state index is 0.281. The Hall–Kier alpha value is -2.05. The maximum Gasteiger partial charge on any atom is 0.163 e. The summed E-state index contributed by atoms with van der Waals surface area (Å²) in [5.41, 5.74) is 2.89. The molecule has 0 bridgehead atoms. The first-order chi connectivity index (χ1) is 15.2. The van der Waals surface area contributed by atoms with E-state index in [9.17, 15) is 4.39 Å². The maximum atomic E-state index is 13.8. The average molecular weight is 501 g/mol. The molecule has 5 rings (SSSR count). The van der Waals surface area contributed by atoms with Gasteiger partial charge in [-0.05, 0) is 30.5 Å². The first-order valence-electron chi connectivity index (χ1n) is 10.4. The van der Waals surface area contributed by atoms with Crippen LogP contribution >= 0.6 is 27.3 Å². The van der Waals surface area contributed by atoms with Gasteiger partial charge < -0.3 is 10.1 Å². The van der Waals surface area contributed by atoms with Gasteiger partial charge in [0.25, 0.3) is 0 Å². The van der Waals surface area contributed by atoms with Crippen LogP contribution in [0.15, 0.2) is 50.5 Å². The Kier molecular flexibility index (Phi) is 6.19. The first-order valence-corrected chi connectivity index (χ1v) is 12.1. The van der Waals surface area contributed by atoms with Gasteiger partial charge in [-0.25, -0.2) is 9.37 Å². The fourth-order valence-electron chi connectivity index (χ4n) is 3.66. The highest BCUT2D eigenvalue weighted by Crippen LogP contribution is 2.37. The van der Waals surface area contributed by atoms with Crippen LogP contribution in [0, 0.1) is 23.6 Å². The summed E-state index contributed by atoms with van der Waals surface area (Å²) in [6, 6.07) is 4.44. The van der Waals surface area contributed by atoms with Crippen molar-refractivity contribution in [2.75, 3.05) is 32.8 Å². The van der Waals surface area contributed by atoms with Gasteiger partial charge in [0.2, 0.25) is 0 Å². The highest BCUT2D eigenvalue weighted by molar-refractivity contribution is 9.10. The van der Waals surface area contributed by atoms with Crippen molar-refractivity contribution < 1.29 is 9.13 Å². The molecule has 0 radical (unpaired) electrons. The van der Waals surface area contributed by atoms with E-state index in [1.165, 1.54) is 12.1 Å². The molecule has 1 N–H and O–H groups in total. The number of nitrogens with zero attached hydrogens (tertiary/aromatic N) is 3. The van der Waals surface area contributed by atoms with Gasteiger partial charge in [0.05, 0.1) is 18.8 Å². The minimum atomic E-state index is -0.322. The SMILES string of the molecule is Fc1ccc([C@@H]2N=C(c3nccs3)NC(CN3CCOCC3)=C2C#CC2CC2)c(Br)c1. The molecule has 2 fully saturated rings. The monoisotopic (exact) mass is 500 g/mol. The molecule has 1 saturated carbocycles. The fourth-order valence-corrected chi connectivity index (χ4v) is 4.81. The molecule has 1 atom stereocenters. The first kappa shape index (κ1) is 20.8. The zero-order valence-corrected chi connectivity index (χ0v) is 19.3. The van der Waals surface area contributed by atoms with Gasteiger partial charge in [0.1, 0.15) is 11.9 Å². The molecule has 1 aromatic carbocycles. The highest BCUT2D eigenvalue weighted by Gasteiger charge is 2.30. The van der Waals surface area contributed by atoms with Gasteiger partial charge in [0, 0.05) is 47.3 Å². The Bertz CT molecular complexity index is 1080. The Morgan fingerprint density at radius 3 is 2.84 bits per heavy atom. The standard InChI is InChI=1S/C23H22BrFN4OS/c24-19-13-16(25)4-6-17(19)21-18(5-3-15-1-2-15)20(14-29-8-10-30-11-9-29)27-22(28-21)23-26-7-12-31-23/h4,6-7,12-13,15,21H,1-2,8-11,14H2,(H,27,28)/t21-/m0/s1. The van der Waals surface area contributed by atoms with E-state index < -0.39 is 0 Å². The van der Waals surface area contributed by atoms with E-state index in [2.05, 4.69) is 43.0 Å². The number of thiazole rings is 1. The van der Waals surface area contributed by atoms with E-state index >= 15 is 0 Å². The van der Waals surface area contributed by atoms with E-state index in [-0.39, 0.29) is 11.9 Å². The van der Waals surface area contributed by atoms with E-state index in [4.69, 9.17) is 9.73 Å². The quantitative estimate of drug-likeness (QED) is 0.641. The molecule has 8 heteroatoms. The van der Waals surface area contributed by atoms with Crippen LogP contribution in [-0.2, 0) is 4.74 Å². The molecular formula is C23H22BrFN4OS. The third-order valence-corrected chi connectivity index (χ3v) is 6.96. The second kappa shape index (κ2) is 9.21. The molecule has 3 aliphatic rings. The minimum Gasteiger partial charge on any atom is -0.379 e. The molecule has 1 aromatic heterocycles. The van der Waals surface area contributed by atoms with Crippen molar-refractivity contribution in [3.63, 3.8) is 0 Å². The lowest BCUT2D eigenvalue weighted by Crippen LogP contribution is -2.42. The number of amidine groups is 1. The summed E-state index contributed by atoms with van der Waals surface area (Å²) < 4.78 is 20.0. The van der Waals surface area contributed by atoms with E-state index in [1.54, 1.807) is 23.6 Å². The predicted molar refractivity (Wildman–Crippen MR) is 123 cm³/mol. The second-order valence-electron chi connectivity index (χ2n) is 7.83. The Labute approximate surface area is 193 Å². The van der Waals surface area contributed by atoms with Crippen LogP contribution in [0.4, 0.5) is 4.39 Å². The molecule has 1 saturated heterocycles. The summed E-state index contributed by atoms with van der Waals surface area (Å²) >= 11 is 5.09. The number of benzene rings is 1. The van der Waals surface area contributed by atoms with E-state index in [0.717, 1.165) is 73.4 Å². The molecule has 2 aliphatic heterocycles. The van der Waals surface area contributed by atoms with Crippen molar-refractivity contribution in [2.24, 2.45) is 10.9 Å². The van der Waals surface area contributed by atoms with Crippen LogP contribution in [0.1, 0.15) is 29.5 Å². The molecule has 0 spiro atoms. The number of hydrogen-bond donors (Lipinski definition) is 1. The second-order valence-corrected chi connectivity index (χ2v) is 9.58. The van der Waals surface area contributed by atoms with Crippen molar-refractivity contribution >= 4 is 33.1 Å². The van der Waals surface area contributed by atoms with E-state index in [1.807, 2.05) is 5.38 Å². The van der Waals surface area contributed by atoms with Gasteiger partial charge in [-0.15, -0.1) is 11.3 Å². The number of aromatic nitrogens is 1. The number of rotatable bonds is 4. The lowest BCUT2D eigenvalue weighted by atomic mass is 9.95. The average Bonchev–Trinajstić information content (AvgIpc) is 3.43. The number of aliphatic imine (C=N–C) groups is 1. The Morgan fingerprint density at radius 1 is 1.29 bits per heavy atom. The number of nitrogens with one attached hydrogen (secondary N) is 1. The molecule has 3 heterocycles. The Morgan fingerprint density at radius 2 is 2.13 bits per heavy atom. The zero-order valence-electron chi connectivity index (χ0n) is 16.9. The largest absolute Gasteiger partial charge is 0.379 e. The van der Waals surface area contributed by atoms with Crippen LogP contribution in [0.2, 0.25) is 0 Å². The zero-order chi connectivity index (χ0) is 21.2. The normalized spacial score (nSPS) is 21.9. The third-order valence-electron chi connectivity index (χ3n) is 5.49. The van der Waals surface area contributed by atoms with Gasteiger partial charge in [0.15, 0.2) is 10.8 Å². The maximum absolute atomic E-state index is 13.8. The van der Waals surface area contributed by atoms with Gasteiger partial charge in [-0.1, -0.05) is 33.8 Å². The van der Waals surface area contributed by atoms with Gasteiger partial charge in [-0.2, -0.15) is 0 Å². The number of ether oxygens (including phenoxy) is 1. The third kappa shape index (κ3) is 4.90. The van der Waals surface area contributed by atoms with Crippen LogP contribution in [0.5, 0.6) is 0 Å². The summed E-state index contributed by atoms with van der Waals surface area (Å²) in [6.07, 6.45) is 4.09. The lowest BCUT2D eigenvalue weighted by Gasteiger charge is -2.32. The Balaban J connectivity index is 1.59. The molecule has 0 unspecified atom stereocenters. The molecule has 160 valence electrons. The van der Waals surface area contributed by atoms with Crippen LogP contribution < -0.4 is 5.32 Å². The van der Waals surface area contributed by atoms with E-state index in [0.29, 0.717) is 10.4 Å². The molecule has 5 nitrogen and oxygen atoms in total. The van der Waals surface area contributed by atoms with Gasteiger partial charge >= 0.3 is 0 Å². The van der Waals surface area contributed by atoms with Crippen LogP contribution in [-0.4, -0.2) is 48.6 Å². The molecule has 31 heavy (non-hydrogen) atoms. The molecular weight excluding hydrogens is 479 g/mol.